The highest BCUT2D eigenvalue weighted by molar-refractivity contribution is 5.71. The molecule has 1 rings (SSSR count). The van der Waals surface area contributed by atoms with Crippen molar-refractivity contribution in [3.8, 4) is 5.75 Å². The van der Waals surface area contributed by atoms with Gasteiger partial charge in [0.05, 0.1) is 12.0 Å². The zero-order chi connectivity index (χ0) is 13.6. The number of carbonyl (C=O) groups is 1. The average molecular weight is 250 g/mol. The van der Waals surface area contributed by atoms with E-state index in [0.717, 1.165) is 12.1 Å². The van der Waals surface area contributed by atoms with E-state index in [1.807, 2.05) is 13.8 Å². The van der Waals surface area contributed by atoms with E-state index in [2.05, 4.69) is 0 Å². The second-order valence-electron chi connectivity index (χ2n) is 2.91. The van der Waals surface area contributed by atoms with Crippen molar-refractivity contribution < 1.29 is 28.2 Å². The molecule has 96 valence electrons. The number of carboxylic acid groups (broad SMARTS) is 1. The predicted molar refractivity (Wildman–Crippen MR) is 55.8 cm³/mol. The molecule has 0 aliphatic heterocycles. The summed E-state index contributed by atoms with van der Waals surface area (Å²) in [6, 6.07) is 2.20. The van der Waals surface area contributed by atoms with Gasteiger partial charge in [-0.1, -0.05) is 19.9 Å². The minimum atomic E-state index is -4.54. The van der Waals surface area contributed by atoms with Gasteiger partial charge >= 0.3 is 12.1 Å². The zero-order valence-electron chi connectivity index (χ0n) is 9.38. The molecule has 0 saturated heterocycles. The zero-order valence-corrected chi connectivity index (χ0v) is 9.38. The SMILES string of the molecule is CC.O=C(O)Cc1ccc(C(F)(F)F)cc1O. The van der Waals surface area contributed by atoms with Crippen LogP contribution >= 0.6 is 0 Å². The minimum absolute atomic E-state index is 0.0458. The standard InChI is InChI=1S/C9H7F3O3.C2H6/c10-9(11,12)6-2-1-5(3-8(14)15)7(13)4-6;1-2/h1-2,4,13H,3H2,(H,14,15);1-2H3. The number of aromatic hydroxyl groups is 1. The molecule has 0 spiro atoms. The van der Waals surface area contributed by atoms with E-state index in [1.165, 1.54) is 0 Å². The summed E-state index contributed by atoms with van der Waals surface area (Å²) in [6.07, 6.45) is -5.05. The molecule has 0 saturated carbocycles. The van der Waals surface area contributed by atoms with E-state index < -0.39 is 29.9 Å². The highest BCUT2D eigenvalue weighted by Gasteiger charge is 2.31. The number of carboxylic acids is 1. The van der Waals surface area contributed by atoms with Crippen LogP contribution in [0.15, 0.2) is 18.2 Å². The third-order valence-electron chi connectivity index (χ3n) is 1.75. The van der Waals surface area contributed by atoms with Crippen LogP contribution in [0.1, 0.15) is 25.0 Å². The molecule has 0 aromatic heterocycles. The molecule has 0 heterocycles. The molecule has 0 bridgehead atoms. The Kier molecular flexibility index (Phi) is 5.50. The molecule has 0 aliphatic carbocycles. The smallest absolute Gasteiger partial charge is 0.416 e. The number of rotatable bonds is 2. The fraction of sp³-hybridized carbons (Fsp3) is 0.364. The number of alkyl halides is 3. The van der Waals surface area contributed by atoms with Gasteiger partial charge in [0.25, 0.3) is 0 Å². The van der Waals surface area contributed by atoms with Crippen molar-refractivity contribution >= 4 is 5.97 Å². The number of phenolic OH excluding ortho intramolecular Hbond substituents is 1. The third-order valence-corrected chi connectivity index (χ3v) is 1.75. The van der Waals surface area contributed by atoms with E-state index in [1.54, 1.807) is 0 Å². The molecule has 0 fully saturated rings. The van der Waals surface area contributed by atoms with Crippen LogP contribution in [0.2, 0.25) is 0 Å². The summed E-state index contributed by atoms with van der Waals surface area (Å²) in [4.78, 5) is 10.3. The lowest BCUT2D eigenvalue weighted by atomic mass is 10.1. The molecule has 0 atom stereocenters. The van der Waals surface area contributed by atoms with E-state index >= 15 is 0 Å². The third kappa shape index (κ3) is 4.76. The number of halogens is 3. The van der Waals surface area contributed by atoms with E-state index in [4.69, 9.17) is 10.2 Å². The maximum atomic E-state index is 12.1. The molecule has 0 unspecified atom stereocenters. The van der Waals surface area contributed by atoms with Crippen LogP contribution in [0.4, 0.5) is 13.2 Å². The minimum Gasteiger partial charge on any atom is -0.508 e. The quantitative estimate of drug-likeness (QED) is 0.848. The van der Waals surface area contributed by atoms with Gasteiger partial charge in [-0.15, -0.1) is 0 Å². The highest BCUT2D eigenvalue weighted by Crippen LogP contribution is 2.32. The monoisotopic (exact) mass is 250 g/mol. The van der Waals surface area contributed by atoms with E-state index in [-0.39, 0.29) is 5.56 Å². The molecule has 17 heavy (non-hydrogen) atoms. The van der Waals surface area contributed by atoms with Crippen molar-refractivity contribution in [2.24, 2.45) is 0 Å². The van der Waals surface area contributed by atoms with E-state index in [0.29, 0.717) is 6.07 Å². The van der Waals surface area contributed by atoms with Crippen LogP contribution < -0.4 is 0 Å². The Morgan fingerprint density at radius 2 is 1.82 bits per heavy atom. The van der Waals surface area contributed by atoms with E-state index in [9.17, 15) is 18.0 Å². The molecular weight excluding hydrogens is 237 g/mol. The lowest BCUT2D eigenvalue weighted by molar-refractivity contribution is -0.137. The topological polar surface area (TPSA) is 57.5 Å². The summed E-state index contributed by atoms with van der Waals surface area (Å²) in [6.45, 7) is 4.00. The Labute approximate surface area is 96.5 Å². The van der Waals surface area contributed by atoms with Gasteiger partial charge in [-0.25, -0.2) is 0 Å². The van der Waals surface area contributed by atoms with Crippen molar-refractivity contribution in [3.63, 3.8) is 0 Å². The number of hydrogen-bond donors (Lipinski definition) is 2. The Hall–Kier alpha value is -1.72. The first kappa shape index (κ1) is 15.3. The predicted octanol–water partition coefficient (Wildman–Crippen LogP) is 3.06. The van der Waals surface area contributed by atoms with Gasteiger partial charge in [0.2, 0.25) is 0 Å². The summed E-state index contributed by atoms with van der Waals surface area (Å²) in [5.41, 5.74) is -1.05. The summed E-state index contributed by atoms with van der Waals surface area (Å²) >= 11 is 0. The van der Waals surface area contributed by atoms with Crippen LogP contribution in [0.5, 0.6) is 5.75 Å². The first-order chi connectivity index (χ1) is 7.80. The van der Waals surface area contributed by atoms with Gasteiger partial charge in [0.15, 0.2) is 0 Å². The fourth-order valence-corrected chi connectivity index (χ4v) is 1.05. The van der Waals surface area contributed by atoms with Gasteiger partial charge in [-0.3, -0.25) is 4.79 Å². The summed E-state index contributed by atoms with van der Waals surface area (Å²) in [7, 11) is 0. The number of aliphatic carboxylic acids is 1. The molecule has 6 heteroatoms. The van der Waals surface area contributed by atoms with Gasteiger partial charge in [-0.05, 0) is 12.1 Å². The molecule has 0 amide bonds. The van der Waals surface area contributed by atoms with Gasteiger partial charge in [0, 0.05) is 5.56 Å². The van der Waals surface area contributed by atoms with Crippen LogP contribution in [-0.2, 0) is 17.4 Å². The molecule has 2 N–H and O–H groups in total. The lowest BCUT2D eigenvalue weighted by Gasteiger charge is -2.08. The first-order valence-corrected chi connectivity index (χ1v) is 4.91. The van der Waals surface area contributed by atoms with Crippen molar-refractivity contribution in [1.29, 1.82) is 0 Å². The van der Waals surface area contributed by atoms with Crippen LogP contribution in [0, 0.1) is 0 Å². The maximum absolute atomic E-state index is 12.1. The lowest BCUT2D eigenvalue weighted by Crippen LogP contribution is -2.06. The summed E-state index contributed by atoms with van der Waals surface area (Å²) < 4.78 is 36.4. The molecule has 1 aromatic rings. The van der Waals surface area contributed by atoms with Gasteiger partial charge < -0.3 is 10.2 Å². The second-order valence-corrected chi connectivity index (χ2v) is 2.91. The molecule has 3 nitrogen and oxygen atoms in total. The Bertz CT molecular complexity index is 386. The fourth-order valence-electron chi connectivity index (χ4n) is 1.05. The second kappa shape index (κ2) is 6.12. The Morgan fingerprint density at radius 3 is 2.18 bits per heavy atom. The Balaban J connectivity index is 0.00000121. The Morgan fingerprint density at radius 1 is 1.29 bits per heavy atom. The number of phenols is 1. The molecule has 0 radical (unpaired) electrons. The van der Waals surface area contributed by atoms with Crippen molar-refractivity contribution in [3.05, 3.63) is 29.3 Å². The first-order valence-electron chi connectivity index (χ1n) is 4.91. The van der Waals surface area contributed by atoms with Crippen LogP contribution in [-0.4, -0.2) is 16.2 Å². The van der Waals surface area contributed by atoms with Crippen LogP contribution in [0.3, 0.4) is 0 Å². The van der Waals surface area contributed by atoms with Crippen molar-refractivity contribution in [1.82, 2.24) is 0 Å². The summed E-state index contributed by atoms with van der Waals surface area (Å²) in [5, 5.41) is 17.5. The number of hydrogen-bond acceptors (Lipinski definition) is 2. The normalized spacial score (nSPS) is 10.4. The van der Waals surface area contributed by atoms with Gasteiger partial charge in [-0.2, -0.15) is 13.2 Å². The number of benzene rings is 1. The molecular formula is C11H13F3O3. The molecule has 1 aromatic carbocycles. The largest absolute Gasteiger partial charge is 0.508 e. The summed E-state index contributed by atoms with van der Waals surface area (Å²) in [5.74, 6) is -1.88. The van der Waals surface area contributed by atoms with Crippen molar-refractivity contribution in [2.45, 2.75) is 26.4 Å². The highest BCUT2D eigenvalue weighted by atomic mass is 19.4. The maximum Gasteiger partial charge on any atom is 0.416 e. The van der Waals surface area contributed by atoms with Crippen LogP contribution in [0.25, 0.3) is 0 Å². The average Bonchev–Trinajstić information content (AvgIpc) is 2.22. The van der Waals surface area contributed by atoms with Gasteiger partial charge in [0.1, 0.15) is 5.75 Å². The van der Waals surface area contributed by atoms with Crippen molar-refractivity contribution in [2.75, 3.05) is 0 Å². The molecule has 0 aliphatic rings.